The molecule has 1 saturated carbocycles. The van der Waals surface area contributed by atoms with E-state index in [1.54, 1.807) is 13.8 Å². The van der Waals surface area contributed by atoms with E-state index in [2.05, 4.69) is 0 Å². The molecule has 0 radical (unpaired) electrons. The molecule has 0 bridgehead atoms. The smallest absolute Gasteiger partial charge is 0.306 e. The summed E-state index contributed by atoms with van der Waals surface area (Å²) in [4.78, 5) is 23.5. The summed E-state index contributed by atoms with van der Waals surface area (Å²) >= 11 is 0. The number of rotatable bonds is 8. The average Bonchev–Trinajstić information content (AvgIpc) is 3.10. The van der Waals surface area contributed by atoms with Crippen molar-refractivity contribution in [3.8, 4) is 0 Å². The molecule has 3 aliphatic rings. The zero-order chi connectivity index (χ0) is 19.6. The second-order valence-corrected chi connectivity index (χ2v) is 8.24. The van der Waals surface area contributed by atoms with Gasteiger partial charge in [0.15, 0.2) is 6.29 Å². The van der Waals surface area contributed by atoms with Gasteiger partial charge >= 0.3 is 11.9 Å². The second kappa shape index (κ2) is 8.52. The van der Waals surface area contributed by atoms with Crippen molar-refractivity contribution < 1.29 is 32.6 Å². The van der Waals surface area contributed by atoms with E-state index in [0.29, 0.717) is 19.4 Å². The molecule has 154 valence electrons. The number of alkyl halides is 2. The van der Waals surface area contributed by atoms with Gasteiger partial charge in [0.1, 0.15) is 6.10 Å². The third kappa shape index (κ3) is 4.67. The quantitative estimate of drug-likeness (QED) is 0.591. The van der Waals surface area contributed by atoms with Gasteiger partial charge in [-0.15, -0.1) is 0 Å². The molecule has 2 saturated heterocycles. The zero-order valence-corrected chi connectivity index (χ0v) is 16.1. The van der Waals surface area contributed by atoms with Crippen LogP contribution in [0.4, 0.5) is 8.78 Å². The van der Waals surface area contributed by atoms with E-state index >= 15 is 0 Å². The first-order valence-corrected chi connectivity index (χ1v) is 10.2. The summed E-state index contributed by atoms with van der Waals surface area (Å²) in [5, 5.41) is 0. The highest BCUT2D eigenvalue weighted by Crippen LogP contribution is 2.48. The molecule has 2 aliphatic heterocycles. The maximum atomic E-state index is 14.4. The summed E-state index contributed by atoms with van der Waals surface area (Å²) in [5.41, 5.74) is 0. The molecule has 2 heterocycles. The number of hydrogen-bond donors (Lipinski definition) is 0. The second-order valence-electron chi connectivity index (χ2n) is 8.24. The summed E-state index contributed by atoms with van der Waals surface area (Å²) in [6.07, 6.45) is 2.44. The Hall–Kier alpha value is -1.08. The standard InChI is InChI=1S/C20H30F2O5/c1-3-6-16(23)20(21,22)11-12(2)19-13-9-17(24)26-14(13)10-15(19)27-18-7-4-5-8-25-18/h12-15,18-19H,3-11H2,1-2H3/t12?,13-,14-,15+,18?,19+/m0/s1. The molecule has 0 N–H and O–H groups in total. The Morgan fingerprint density at radius 3 is 2.81 bits per heavy atom. The number of carbonyl (C=O) groups excluding carboxylic acids is 2. The summed E-state index contributed by atoms with van der Waals surface area (Å²) in [6, 6.07) is 0. The van der Waals surface area contributed by atoms with Gasteiger partial charge in [0.2, 0.25) is 5.78 Å². The predicted octanol–water partition coefficient (Wildman–Crippen LogP) is 3.88. The minimum atomic E-state index is -3.34. The summed E-state index contributed by atoms with van der Waals surface area (Å²) in [7, 11) is 0. The van der Waals surface area contributed by atoms with Gasteiger partial charge in [-0.2, -0.15) is 8.78 Å². The number of ether oxygens (including phenoxy) is 3. The van der Waals surface area contributed by atoms with E-state index in [1.807, 2.05) is 0 Å². The van der Waals surface area contributed by atoms with Crippen molar-refractivity contribution >= 4 is 11.8 Å². The molecule has 3 rings (SSSR count). The molecule has 5 nitrogen and oxygen atoms in total. The fourth-order valence-corrected chi connectivity index (χ4v) is 4.91. The molecule has 2 unspecified atom stereocenters. The highest BCUT2D eigenvalue weighted by atomic mass is 19.3. The summed E-state index contributed by atoms with van der Waals surface area (Å²) in [5.74, 6) is -5.45. The molecular formula is C20H30F2O5. The lowest BCUT2D eigenvalue weighted by molar-refractivity contribution is -0.201. The van der Waals surface area contributed by atoms with Gasteiger partial charge in [-0.1, -0.05) is 13.8 Å². The van der Waals surface area contributed by atoms with Crippen LogP contribution in [0.1, 0.15) is 65.2 Å². The zero-order valence-electron chi connectivity index (χ0n) is 16.1. The van der Waals surface area contributed by atoms with Crippen LogP contribution in [0, 0.1) is 17.8 Å². The summed E-state index contributed by atoms with van der Waals surface area (Å²) in [6.45, 7) is 4.10. The fraction of sp³-hybridized carbons (Fsp3) is 0.900. The van der Waals surface area contributed by atoms with Crippen LogP contribution in [0.15, 0.2) is 0 Å². The van der Waals surface area contributed by atoms with Crippen LogP contribution in [0.25, 0.3) is 0 Å². The molecule has 0 spiro atoms. The fourth-order valence-electron chi connectivity index (χ4n) is 4.91. The number of fused-ring (bicyclic) bond motifs is 1. The molecule has 0 aromatic rings. The Labute approximate surface area is 159 Å². The Bertz CT molecular complexity index is 546. The maximum Gasteiger partial charge on any atom is 0.306 e. The van der Waals surface area contributed by atoms with Crippen molar-refractivity contribution in [2.24, 2.45) is 17.8 Å². The number of esters is 1. The van der Waals surface area contributed by atoms with Crippen molar-refractivity contribution in [2.75, 3.05) is 6.61 Å². The average molecular weight is 388 g/mol. The van der Waals surface area contributed by atoms with E-state index in [4.69, 9.17) is 14.2 Å². The van der Waals surface area contributed by atoms with Crippen LogP contribution in [-0.2, 0) is 23.8 Å². The van der Waals surface area contributed by atoms with Gasteiger partial charge < -0.3 is 14.2 Å². The summed E-state index contributed by atoms with van der Waals surface area (Å²) < 4.78 is 46.0. The van der Waals surface area contributed by atoms with Gasteiger partial charge in [0.05, 0.1) is 12.5 Å². The first-order chi connectivity index (χ1) is 12.8. The molecule has 3 fully saturated rings. The van der Waals surface area contributed by atoms with Gasteiger partial charge in [0.25, 0.3) is 0 Å². The number of carbonyl (C=O) groups is 2. The van der Waals surface area contributed by atoms with Crippen LogP contribution in [0.3, 0.4) is 0 Å². The molecule has 7 heteroatoms. The van der Waals surface area contributed by atoms with Crippen LogP contribution < -0.4 is 0 Å². The van der Waals surface area contributed by atoms with Crippen molar-refractivity contribution in [1.82, 2.24) is 0 Å². The van der Waals surface area contributed by atoms with Crippen LogP contribution in [-0.4, -0.2) is 42.8 Å². The van der Waals surface area contributed by atoms with Crippen LogP contribution in [0.5, 0.6) is 0 Å². The van der Waals surface area contributed by atoms with E-state index < -0.39 is 24.0 Å². The molecule has 0 amide bonds. The Morgan fingerprint density at radius 2 is 2.15 bits per heavy atom. The first kappa shape index (κ1) is 20.6. The molecule has 27 heavy (non-hydrogen) atoms. The minimum Gasteiger partial charge on any atom is -0.462 e. The van der Waals surface area contributed by atoms with Gasteiger partial charge in [-0.3, -0.25) is 9.59 Å². The Balaban J connectivity index is 1.70. The maximum absolute atomic E-state index is 14.4. The van der Waals surface area contributed by atoms with Gasteiger partial charge in [0, 0.05) is 31.8 Å². The molecule has 0 aromatic heterocycles. The molecule has 1 aliphatic carbocycles. The van der Waals surface area contributed by atoms with E-state index in [0.717, 1.165) is 19.3 Å². The highest BCUT2D eigenvalue weighted by molar-refractivity contribution is 5.85. The van der Waals surface area contributed by atoms with Crippen LogP contribution in [0.2, 0.25) is 0 Å². The Kier molecular flexibility index (Phi) is 6.51. The van der Waals surface area contributed by atoms with E-state index in [1.165, 1.54) is 0 Å². The third-order valence-corrected chi connectivity index (χ3v) is 6.14. The Morgan fingerprint density at radius 1 is 1.37 bits per heavy atom. The third-order valence-electron chi connectivity index (χ3n) is 6.14. The van der Waals surface area contributed by atoms with Gasteiger partial charge in [-0.25, -0.2) is 0 Å². The lowest BCUT2D eigenvalue weighted by atomic mass is 9.78. The van der Waals surface area contributed by atoms with E-state index in [-0.39, 0.29) is 49.1 Å². The molecule has 0 aromatic carbocycles. The van der Waals surface area contributed by atoms with Gasteiger partial charge in [-0.05, 0) is 37.5 Å². The van der Waals surface area contributed by atoms with Crippen molar-refractivity contribution in [2.45, 2.75) is 89.6 Å². The van der Waals surface area contributed by atoms with Crippen molar-refractivity contribution in [3.05, 3.63) is 0 Å². The molecule has 6 atom stereocenters. The number of hydrogen-bond acceptors (Lipinski definition) is 5. The monoisotopic (exact) mass is 388 g/mol. The largest absolute Gasteiger partial charge is 0.462 e. The highest BCUT2D eigenvalue weighted by Gasteiger charge is 2.54. The number of ketones is 1. The number of halogens is 2. The van der Waals surface area contributed by atoms with E-state index in [9.17, 15) is 18.4 Å². The normalized spacial score (nSPS) is 35.0. The topological polar surface area (TPSA) is 61.8 Å². The predicted molar refractivity (Wildman–Crippen MR) is 93.2 cm³/mol. The first-order valence-electron chi connectivity index (χ1n) is 10.2. The minimum absolute atomic E-state index is 0.117. The molecular weight excluding hydrogens is 358 g/mol. The van der Waals surface area contributed by atoms with Crippen molar-refractivity contribution in [3.63, 3.8) is 0 Å². The SMILES string of the molecule is CCCC(=O)C(F)(F)CC(C)[C@@H]1[C@H]2CC(=O)O[C@H]2C[C@H]1OC1CCCCO1. The lowest BCUT2D eigenvalue weighted by Gasteiger charge is -2.34. The lowest BCUT2D eigenvalue weighted by Crippen LogP contribution is -2.38. The van der Waals surface area contributed by atoms with Crippen molar-refractivity contribution in [1.29, 1.82) is 0 Å². The van der Waals surface area contributed by atoms with Crippen LogP contribution >= 0.6 is 0 Å². The number of Topliss-reactive ketones (excluding diaryl/α,β-unsaturated/α-hetero) is 1.